The molecule has 2 aliphatic rings. The quantitative estimate of drug-likeness (QED) is 0.781. The van der Waals surface area contributed by atoms with Gasteiger partial charge in [0, 0.05) is 52.2 Å². The van der Waals surface area contributed by atoms with E-state index in [1.165, 1.54) is 6.42 Å². The molecule has 2 aliphatic heterocycles. The van der Waals surface area contributed by atoms with Crippen LogP contribution in [0.15, 0.2) is 0 Å². The van der Waals surface area contributed by atoms with Crippen molar-refractivity contribution in [2.24, 2.45) is 0 Å². The number of hydrogen-bond donors (Lipinski definition) is 0. The minimum Gasteiger partial charge on any atom is -0.450 e. The lowest BCUT2D eigenvalue weighted by Gasteiger charge is -2.34. The van der Waals surface area contributed by atoms with E-state index in [0.29, 0.717) is 26.1 Å². The van der Waals surface area contributed by atoms with Crippen LogP contribution in [-0.4, -0.2) is 79.1 Å². The van der Waals surface area contributed by atoms with Gasteiger partial charge in [0.25, 0.3) is 0 Å². The fourth-order valence-electron chi connectivity index (χ4n) is 2.92. The molecule has 0 radical (unpaired) electrons. The Hall–Kier alpha value is -1.30. The summed E-state index contributed by atoms with van der Waals surface area (Å²) in [5.74, 6) is 0.280. The lowest BCUT2D eigenvalue weighted by atomic mass is 10.1. The molecule has 0 spiro atoms. The highest BCUT2D eigenvalue weighted by molar-refractivity contribution is 5.76. The molecule has 2 heterocycles. The number of ether oxygens (including phenoxy) is 1. The maximum atomic E-state index is 12.1. The maximum absolute atomic E-state index is 12.1. The van der Waals surface area contributed by atoms with Crippen LogP contribution in [0, 0.1) is 0 Å². The number of carbonyl (C=O) groups excluding carboxylic acids is 2. The third-order valence-corrected chi connectivity index (χ3v) is 4.25. The smallest absolute Gasteiger partial charge is 0.409 e. The number of amides is 2. The molecular weight excluding hydrogens is 270 g/mol. The van der Waals surface area contributed by atoms with Crippen molar-refractivity contribution in [2.45, 2.75) is 32.6 Å². The fraction of sp³-hybridized carbons (Fsp3) is 0.867. The molecule has 0 N–H and O–H groups in total. The number of rotatable bonds is 4. The highest BCUT2D eigenvalue weighted by Crippen LogP contribution is 2.11. The number of carbonyl (C=O) groups is 2. The van der Waals surface area contributed by atoms with Crippen molar-refractivity contribution in [3.63, 3.8) is 0 Å². The molecule has 2 rings (SSSR count). The minimum atomic E-state index is -0.221. The van der Waals surface area contributed by atoms with Crippen LogP contribution in [0.4, 0.5) is 4.79 Å². The Bertz CT molecular complexity index is 348. The van der Waals surface area contributed by atoms with E-state index in [1.807, 2.05) is 11.8 Å². The van der Waals surface area contributed by atoms with Gasteiger partial charge in [0.2, 0.25) is 5.91 Å². The summed E-state index contributed by atoms with van der Waals surface area (Å²) in [6.07, 6.45) is 3.91. The van der Waals surface area contributed by atoms with Crippen molar-refractivity contribution in [3.8, 4) is 0 Å². The van der Waals surface area contributed by atoms with Crippen LogP contribution in [0.2, 0.25) is 0 Å². The maximum Gasteiger partial charge on any atom is 0.409 e. The Morgan fingerprint density at radius 3 is 2.19 bits per heavy atom. The Balaban J connectivity index is 1.64. The highest BCUT2D eigenvalue weighted by atomic mass is 16.6. The van der Waals surface area contributed by atoms with Crippen LogP contribution in [0.25, 0.3) is 0 Å². The van der Waals surface area contributed by atoms with E-state index in [2.05, 4.69) is 4.90 Å². The van der Waals surface area contributed by atoms with Crippen molar-refractivity contribution in [2.75, 3.05) is 52.4 Å². The average molecular weight is 297 g/mol. The van der Waals surface area contributed by atoms with Crippen LogP contribution in [0.1, 0.15) is 32.6 Å². The number of piperazine rings is 1. The molecule has 21 heavy (non-hydrogen) atoms. The van der Waals surface area contributed by atoms with Crippen LogP contribution < -0.4 is 0 Å². The van der Waals surface area contributed by atoms with E-state index in [9.17, 15) is 9.59 Å². The molecule has 6 heteroatoms. The first kappa shape index (κ1) is 16.1. The summed E-state index contributed by atoms with van der Waals surface area (Å²) in [6.45, 7) is 7.92. The Morgan fingerprint density at radius 1 is 0.905 bits per heavy atom. The second-order valence-electron chi connectivity index (χ2n) is 5.72. The lowest BCUT2D eigenvalue weighted by Crippen LogP contribution is -2.49. The summed E-state index contributed by atoms with van der Waals surface area (Å²) in [7, 11) is 0. The number of likely N-dealkylation sites (tertiary alicyclic amines) is 1. The van der Waals surface area contributed by atoms with Crippen molar-refractivity contribution < 1.29 is 14.3 Å². The van der Waals surface area contributed by atoms with Crippen LogP contribution in [0.3, 0.4) is 0 Å². The minimum absolute atomic E-state index is 0.221. The van der Waals surface area contributed by atoms with E-state index in [4.69, 9.17) is 4.74 Å². The highest BCUT2D eigenvalue weighted by Gasteiger charge is 2.23. The molecule has 0 aromatic carbocycles. The van der Waals surface area contributed by atoms with Gasteiger partial charge in [0.1, 0.15) is 0 Å². The topological polar surface area (TPSA) is 53.1 Å². The van der Waals surface area contributed by atoms with Crippen molar-refractivity contribution >= 4 is 12.0 Å². The monoisotopic (exact) mass is 297 g/mol. The van der Waals surface area contributed by atoms with Gasteiger partial charge >= 0.3 is 6.09 Å². The summed E-state index contributed by atoms with van der Waals surface area (Å²) in [5.41, 5.74) is 0. The molecule has 6 nitrogen and oxygen atoms in total. The van der Waals surface area contributed by atoms with Gasteiger partial charge in [-0.15, -0.1) is 0 Å². The van der Waals surface area contributed by atoms with Gasteiger partial charge in [-0.2, -0.15) is 0 Å². The standard InChI is InChI=1S/C15H27N3O3/c1-2-21-15(20)18-12-10-16(11-13-18)9-6-14(19)17-7-4-3-5-8-17/h2-13H2,1H3. The predicted octanol–water partition coefficient (Wildman–Crippen LogP) is 1.16. The van der Waals surface area contributed by atoms with Crippen molar-refractivity contribution in [3.05, 3.63) is 0 Å². The van der Waals surface area contributed by atoms with Crippen molar-refractivity contribution in [1.29, 1.82) is 0 Å². The zero-order valence-electron chi connectivity index (χ0n) is 13.1. The van der Waals surface area contributed by atoms with Crippen LogP contribution in [-0.2, 0) is 9.53 Å². The first-order valence-corrected chi connectivity index (χ1v) is 8.12. The molecule has 2 amide bonds. The zero-order chi connectivity index (χ0) is 15.1. The van der Waals surface area contributed by atoms with Crippen LogP contribution >= 0.6 is 0 Å². The molecular formula is C15H27N3O3. The summed E-state index contributed by atoms with van der Waals surface area (Å²) >= 11 is 0. The summed E-state index contributed by atoms with van der Waals surface area (Å²) in [6, 6.07) is 0. The van der Waals surface area contributed by atoms with E-state index in [0.717, 1.165) is 45.6 Å². The third kappa shape index (κ3) is 4.88. The predicted molar refractivity (Wildman–Crippen MR) is 80.1 cm³/mol. The summed E-state index contributed by atoms with van der Waals surface area (Å²) < 4.78 is 5.00. The Labute approximate surface area is 127 Å². The molecule has 0 aliphatic carbocycles. The molecule has 0 unspecified atom stereocenters. The molecule has 0 aromatic heterocycles. The van der Waals surface area contributed by atoms with Gasteiger partial charge in [-0.25, -0.2) is 4.79 Å². The van der Waals surface area contributed by atoms with E-state index < -0.39 is 0 Å². The molecule has 0 saturated carbocycles. The molecule has 2 saturated heterocycles. The average Bonchev–Trinajstić information content (AvgIpc) is 2.54. The molecule has 0 bridgehead atoms. The third-order valence-electron chi connectivity index (χ3n) is 4.25. The second kappa shape index (κ2) is 8.22. The normalized spacial score (nSPS) is 20.4. The molecule has 2 fully saturated rings. The zero-order valence-corrected chi connectivity index (χ0v) is 13.1. The van der Waals surface area contributed by atoms with Crippen molar-refractivity contribution in [1.82, 2.24) is 14.7 Å². The van der Waals surface area contributed by atoms with Gasteiger partial charge < -0.3 is 14.5 Å². The molecule has 0 atom stereocenters. The van der Waals surface area contributed by atoms with Crippen LogP contribution in [0.5, 0.6) is 0 Å². The van der Waals surface area contributed by atoms with E-state index in [1.54, 1.807) is 4.90 Å². The Morgan fingerprint density at radius 2 is 1.57 bits per heavy atom. The summed E-state index contributed by atoms with van der Waals surface area (Å²) in [5, 5.41) is 0. The number of piperidine rings is 1. The Kier molecular flexibility index (Phi) is 6.29. The number of nitrogens with zero attached hydrogens (tertiary/aromatic N) is 3. The second-order valence-corrected chi connectivity index (χ2v) is 5.72. The number of hydrogen-bond acceptors (Lipinski definition) is 4. The first-order valence-electron chi connectivity index (χ1n) is 8.12. The summed E-state index contributed by atoms with van der Waals surface area (Å²) in [4.78, 5) is 29.7. The molecule has 0 aromatic rings. The van der Waals surface area contributed by atoms with Gasteiger partial charge in [0.05, 0.1) is 6.61 Å². The van der Waals surface area contributed by atoms with Gasteiger partial charge in [-0.3, -0.25) is 9.69 Å². The van der Waals surface area contributed by atoms with E-state index >= 15 is 0 Å². The SMILES string of the molecule is CCOC(=O)N1CCN(CCC(=O)N2CCCCC2)CC1. The molecule has 120 valence electrons. The fourth-order valence-corrected chi connectivity index (χ4v) is 2.92. The largest absolute Gasteiger partial charge is 0.450 e. The van der Waals surface area contributed by atoms with Gasteiger partial charge in [0.15, 0.2) is 0 Å². The van der Waals surface area contributed by atoms with E-state index in [-0.39, 0.29) is 12.0 Å². The first-order chi connectivity index (χ1) is 10.2. The van der Waals surface area contributed by atoms with Gasteiger partial charge in [-0.05, 0) is 26.2 Å². The van der Waals surface area contributed by atoms with Gasteiger partial charge in [-0.1, -0.05) is 0 Å². The lowest BCUT2D eigenvalue weighted by molar-refractivity contribution is -0.132.